The van der Waals surface area contributed by atoms with Crippen LogP contribution in [0.3, 0.4) is 0 Å². The van der Waals surface area contributed by atoms with Gasteiger partial charge in [-0.2, -0.15) is 4.31 Å². The van der Waals surface area contributed by atoms with E-state index in [1.807, 2.05) is 6.92 Å². The lowest BCUT2D eigenvalue weighted by Crippen LogP contribution is -2.55. The molecule has 1 atom stereocenters. The Morgan fingerprint density at radius 2 is 1.88 bits per heavy atom. The number of piperazine rings is 1. The number of carbonyl (C=O) groups is 1. The van der Waals surface area contributed by atoms with E-state index in [1.165, 1.54) is 34.9 Å². The van der Waals surface area contributed by atoms with E-state index in [-0.39, 0.29) is 11.9 Å². The van der Waals surface area contributed by atoms with Crippen LogP contribution in [0.4, 0.5) is 0 Å². The van der Waals surface area contributed by atoms with Gasteiger partial charge >= 0.3 is 0 Å². The Hall–Kier alpha value is -0.960. The lowest BCUT2D eigenvalue weighted by molar-refractivity contribution is -0.127. The molecule has 2 aliphatic rings. The van der Waals surface area contributed by atoms with Crippen LogP contribution in [0.15, 0.2) is 21.7 Å². The van der Waals surface area contributed by atoms with E-state index in [4.69, 9.17) is 0 Å². The molecular formula is C17H27N3O3S2. The molecule has 0 unspecified atom stereocenters. The molecule has 0 aromatic carbocycles. The summed E-state index contributed by atoms with van der Waals surface area (Å²) < 4.78 is 27.0. The maximum Gasteiger partial charge on any atom is 0.252 e. The molecule has 1 aromatic heterocycles. The second-order valence-electron chi connectivity index (χ2n) is 6.89. The fourth-order valence-electron chi connectivity index (χ4n) is 3.60. The van der Waals surface area contributed by atoms with Crippen molar-refractivity contribution >= 4 is 27.3 Å². The molecule has 140 valence electrons. The second kappa shape index (κ2) is 8.16. The molecule has 1 aliphatic carbocycles. The predicted molar refractivity (Wildman–Crippen MR) is 99.1 cm³/mol. The summed E-state index contributed by atoms with van der Waals surface area (Å²) in [6.45, 7) is 3.96. The molecule has 1 saturated heterocycles. The predicted octanol–water partition coefficient (Wildman–Crippen LogP) is 1.89. The number of hydrogen-bond donors (Lipinski definition) is 1. The third-order valence-electron chi connectivity index (χ3n) is 5.24. The minimum atomic E-state index is -3.39. The van der Waals surface area contributed by atoms with Crippen LogP contribution in [0.2, 0.25) is 0 Å². The van der Waals surface area contributed by atoms with Gasteiger partial charge in [0.15, 0.2) is 0 Å². The van der Waals surface area contributed by atoms with E-state index in [0.717, 1.165) is 12.8 Å². The molecule has 3 rings (SSSR count). The van der Waals surface area contributed by atoms with E-state index >= 15 is 0 Å². The fourth-order valence-corrected chi connectivity index (χ4v) is 6.17. The lowest BCUT2D eigenvalue weighted by atomic mass is 9.95. The number of nitrogens with zero attached hydrogens (tertiary/aromatic N) is 2. The second-order valence-corrected chi connectivity index (χ2v) is 10.0. The summed E-state index contributed by atoms with van der Waals surface area (Å²) in [5.74, 6) is 0.0708. The maximum atomic E-state index is 12.6. The van der Waals surface area contributed by atoms with Crippen LogP contribution in [-0.4, -0.2) is 61.8 Å². The minimum absolute atomic E-state index is 0.0708. The highest BCUT2D eigenvalue weighted by Gasteiger charge is 2.32. The molecule has 0 bridgehead atoms. The van der Waals surface area contributed by atoms with Crippen molar-refractivity contribution in [3.8, 4) is 0 Å². The zero-order valence-corrected chi connectivity index (χ0v) is 16.3. The molecule has 1 amide bonds. The first-order valence-corrected chi connectivity index (χ1v) is 11.4. The lowest BCUT2D eigenvalue weighted by Gasteiger charge is -2.37. The van der Waals surface area contributed by atoms with Gasteiger partial charge in [0.05, 0.1) is 6.04 Å². The number of rotatable bonds is 5. The Labute approximate surface area is 154 Å². The van der Waals surface area contributed by atoms with Gasteiger partial charge < -0.3 is 5.32 Å². The zero-order valence-electron chi connectivity index (χ0n) is 14.7. The van der Waals surface area contributed by atoms with Crippen molar-refractivity contribution in [1.82, 2.24) is 14.5 Å². The molecule has 2 heterocycles. The number of sulfonamides is 1. The molecule has 1 aromatic rings. The van der Waals surface area contributed by atoms with Crippen LogP contribution in [0.1, 0.15) is 39.0 Å². The van der Waals surface area contributed by atoms with Crippen molar-refractivity contribution < 1.29 is 13.2 Å². The van der Waals surface area contributed by atoms with Gasteiger partial charge in [-0.3, -0.25) is 9.69 Å². The highest BCUT2D eigenvalue weighted by molar-refractivity contribution is 7.91. The van der Waals surface area contributed by atoms with Crippen molar-refractivity contribution in [2.24, 2.45) is 0 Å². The van der Waals surface area contributed by atoms with Gasteiger partial charge in [0.25, 0.3) is 10.0 Å². The van der Waals surface area contributed by atoms with Crippen LogP contribution in [0.5, 0.6) is 0 Å². The summed E-state index contributed by atoms with van der Waals surface area (Å²) in [4.78, 5) is 14.6. The summed E-state index contributed by atoms with van der Waals surface area (Å²) in [6, 6.07) is 3.50. The van der Waals surface area contributed by atoms with Crippen LogP contribution in [0, 0.1) is 0 Å². The SMILES string of the molecule is C[C@H](C(=O)NC1CCCCC1)N1CCN(S(=O)(=O)c2cccs2)CC1. The Bertz CT molecular complexity index is 661. The molecule has 0 spiro atoms. The van der Waals surface area contributed by atoms with Crippen molar-refractivity contribution in [3.63, 3.8) is 0 Å². The quantitative estimate of drug-likeness (QED) is 0.840. The monoisotopic (exact) mass is 385 g/mol. The highest BCUT2D eigenvalue weighted by atomic mass is 32.2. The van der Waals surface area contributed by atoms with E-state index in [2.05, 4.69) is 10.2 Å². The number of hydrogen-bond acceptors (Lipinski definition) is 5. The fraction of sp³-hybridized carbons (Fsp3) is 0.706. The van der Waals surface area contributed by atoms with Gasteiger partial charge in [-0.25, -0.2) is 8.42 Å². The molecule has 1 N–H and O–H groups in total. The van der Waals surface area contributed by atoms with Gasteiger partial charge in [-0.15, -0.1) is 11.3 Å². The molecule has 8 heteroatoms. The van der Waals surface area contributed by atoms with Crippen molar-refractivity contribution in [1.29, 1.82) is 0 Å². The molecule has 1 aliphatic heterocycles. The number of nitrogens with one attached hydrogen (secondary N) is 1. The van der Waals surface area contributed by atoms with Gasteiger partial charge in [-0.05, 0) is 31.2 Å². The first kappa shape index (κ1) is 18.8. The summed E-state index contributed by atoms with van der Waals surface area (Å²) in [6.07, 6.45) is 5.80. The van der Waals surface area contributed by atoms with E-state index in [0.29, 0.717) is 36.4 Å². The third kappa shape index (κ3) is 4.42. The average Bonchev–Trinajstić information content (AvgIpc) is 3.17. The number of amides is 1. The Morgan fingerprint density at radius 1 is 1.20 bits per heavy atom. The first-order valence-electron chi connectivity index (χ1n) is 9.06. The van der Waals surface area contributed by atoms with E-state index in [1.54, 1.807) is 17.5 Å². The van der Waals surface area contributed by atoms with Crippen molar-refractivity contribution in [2.75, 3.05) is 26.2 Å². The molecule has 2 fully saturated rings. The Balaban J connectivity index is 1.52. The van der Waals surface area contributed by atoms with Crippen molar-refractivity contribution in [3.05, 3.63) is 17.5 Å². The van der Waals surface area contributed by atoms with Gasteiger partial charge in [-0.1, -0.05) is 25.3 Å². The number of carbonyl (C=O) groups excluding carboxylic acids is 1. The molecular weight excluding hydrogens is 358 g/mol. The molecule has 0 radical (unpaired) electrons. The molecule has 25 heavy (non-hydrogen) atoms. The van der Waals surface area contributed by atoms with E-state index in [9.17, 15) is 13.2 Å². The highest BCUT2D eigenvalue weighted by Crippen LogP contribution is 2.23. The minimum Gasteiger partial charge on any atom is -0.352 e. The van der Waals surface area contributed by atoms with Crippen LogP contribution >= 0.6 is 11.3 Å². The topological polar surface area (TPSA) is 69.7 Å². The summed E-state index contributed by atoms with van der Waals surface area (Å²) >= 11 is 1.25. The van der Waals surface area contributed by atoms with Crippen LogP contribution in [-0.2, 0) is 14.8 Å². The Kier molecular flexibility index (Phi) is 6.14. The molecule has 1 saturated carbocycles. The number of thiophene rings is 1. The van der Waals surface area contributed by atoms with Gasteiger partial charge in [0.1, 0.15) is 4.21 Å². The van der Waals surface area contributed by atoms with Crippen LogP contribution < -0.4 is 5.32 Å². The van der Waals surface area contributed by atoms with Crippen LogP contribution in [0.25, 0.3) is 0 Å². The summed E-state index contributed by atoms with van der Waals surface area (Å²) in [5.41, 5.74) is 0. The standard InChI is InChI=1S/C17H27N3O3S2/c1-14(17(21)18-15-6-3-2-4-7-15)19-9-11-20(12-10-19)25(22,23)16-8-5-13-24-16/h5,8,13-15H,2-4,6-7,9-12H2,1H3,(H,18,21)/t14-/m1/s1. The third-order valence-corrected chi connectivity index (χ3v) is 8.51. The average molecular weight is 386 g/mol. The normalized spacial score (nSPS) is 22.6. The largest absolute Gasteiger partial charge is 0.352 e. The van der Waals surface area contributed by atoms with Crippen molar-refractivity contribution in [2.45, 2.75) is 55.3 Å². The Morgan fingerprint density at radius 3 is 2.48 bits per heavy atom. The molecule has 6 nitrogen and oxygen atoms in total. The smallest absolute Gasteiger partial charge is 0.252 e. The maximum absolute atomic E-state index is 12.6. The zero-order chi connectivity index (χ0) is 17.9. The van der Waals surface area contributed by atoms with Gasteiger partial charge in [0, 0.05) is 32.2 Å². The van der Waals surface area contributed by atoms with Gasteiger partial charge in [0.2, 0.25) is 5.91 Å². The summed E-state index contributed by atoms with van der Waals surface area (Å²) in [7, 11) is -3.39. The van der Waals surface area contributed by atoms with E-state index < -0.39 is 10.0 Å². The first-order chi connectivity index (χ1) is 12.0. The summed E-state index contributed by atoms with van der Waals surface area (Å²) in [5, 5.41) is 4.95.